The zero-order valence-corrected chi connectivity index (χ0v) is 9.07. The number of nitrogens with zero attached hydrogens (tertiary/aromatic N) is 2. The highest BCUT2D eigenvalue weighted by Crippen LogP contribution is 2.26. The molecule has 76 valence electrons. The fourth-order valence-electron chi connectivity index (χ4n) is 1.12. The van der Waals surface area contributed by atoms with Gasteiger partial charge in [0.25, 0.3) is 5.88 Å². The number of rotatable bonds is 3. The predicted octanol–water partition coefficient (Wildman–Crippen LogP) is 3.19. The maximum atomic E-state index is 5.03. The highest BCUT2D eigenvalue weighted by atomic mass is 32.1. The first-order valence-electron chi connectivity index (χ1n) is 4.56. The van der Waals surface area contributed by atoms with Gasteiger partial charge in [-0.3, -0.25) is 0 Å². The van der Waals surface area contributed by atoms with Crippen molar-refractivity contribution >= 4 is 17.6 Å². The Morgan fingerprint density at radius 1 is 1.33 bits per heavy atom. The molecular formula is C11H10N2OS. The number of hydrogen-bond donors (Lipinski definition) is 0. The van der Waals surface area contributed by atoms with Gasteiger partial charge in [0.1, 0.15) is 5.01 Å². The lowest BCUT2D eigenvalue weighted by Crippen LogP contribution is -1.82. The monoisotopic (exact) mass is 218 g/mol. The third-order valence-corrected chi connectivity index (χ3v) is 2.63. The zero-order valence-electron chi connectivity index (χ0n) is 8.25. The SMILES string of the molecule is C/C=N/Oc1csc(-c2ccccc2)n1. The lowest BCUT2D eigenvalue weighted by molar-refractivity contribution is 0.332. The molecule has 0 saturated heterocycles. The Kier molecular flexibility index (Phi) is 3.09. The second-order valence-corrected chi connectivity index (χ2v) is 3.67. The van der Waals surface area contributed by atoms with Gasteiger partial charge in [-0.1, -0.05) is 35.5 Å². The van der Waals surface area contributed by atoms with E-state index >= 15 is 0 Å². The van der Waals surface area contributed by atoms with E-state index in [4.69, 9.17) is 4.84 Å². The summed E-state index contributed by atoms with van der Waals surface area (Å²) in [7, 11) is 0. The van der Waals surface area contributed by atoms with Crippen molar-refractivity contribution in [2.24, 2.45) is 5.16 Å². The van der Waals surface area contributed by atoms with Gasteiger partial charge < -0.3 is 4.84 Å². The highest BCUT2D eigenvalue weighted by Gasteiger charge is 2.04. The molecule has 0 bridgehead atoms. The Morgan fingerprint density at radius 3 is 2.87 bits per heavy atom. The van der Waals surface area contributed by atoms with Crippen molar-refractivity contribution in [1.29, 1.82) is 0 Å². The van der Waals surface area contributed by atoms with Gasteiger partial charge in [0.2, 0.25) is 0 Å². The standard InChI is InChI=1S/C11H10N2OS/c1-2-12-14-10-8-15-11(13-10)9-6-4-3-5-7-9/h2-8H,1H3/b12-2+. The van der Waals surface area contributed by atoms with Gasteiger partial charge in [0.05, 0.1) is 5.38 Å². The topological polar surface area (TPSA) is 34.5 Å². The minimum atomic E-state index is 0.539. The van der Waals surface area contributed by atoms with Crippen LogP contribution < -0.4 is 4.84 Å². The second kappa shape index (κ2) is 4.70. The van der Waals surface area contributed by atoms with E-state index in [0.717, 1.165) is 10.6 Å². The molecule has 0 N–H and O–H groups in total. The largest absolute Gasteiger partial charge is 0.336 e. The molecule has 0 saturated carbocycles. The van der Waals surface area contributed by atoms with E-state index in [-0.39, 0.29) is 0 Å². The van der Waals surface area contributed by atoms with Crippen molar-refractivity contribution in [3.8, 4) is 16.5 Å². The average Bonchev–Trinajstić information content (AvgIpc) is 2.76. The summed E-state index contributed by atoms with van der Waals surface area (Å²) in [6.07, 6.45) is 1.58. The maximum Gasteiger partial charge on any atom is 0.260 e. The minimum absolute atomic E-state index is 0.539. The Morgan fingerprint density at radius 2 is 2.13 bits per heavy atom. The molecule has 0 spiro atoms. The molecule has 0 unspecified atom stereocenters. The first-order chi connectivity index (χ1) is 7.40. The van der Waals surface area contributed by atoms with E-state index in [0.29, 0.717) is 5.88 Å². The van der Waals surface area contributed by atoms with E-state index in [1.165, 1.54) is 0 Å². The molecule has 0 aliphatic carbocycles. The van der Waals surface area contributed by atoms with Crippen molar-refractivity contribution in [2.75, 3.05) is 0 Å². The molecule has 1 heterocycles. The highest BCUT2D eigenvalue weighted by molar-refractivity contribution is 7.13. The van der Waals surface area contributed by atoms with Crippen LogP contribution >= 0.6 is 11.3 Å². The van der Waals surface area contributed by atoms with E-state index < -0.39 is 0 Å². The molecule has 0 fully saturated rings. The Bertz CT molecular complexity index is 451. The van der Waals surface area contributed by atoms with Crippen molar-refractivity contribution < 1.29 is 4.84 Å². The van der Waals surface area contributed by atoms with Crippen molar-refractivity contribution in [2.45, 2.75) is 6.92 Å². The third kappa shape index (κ3) is 2.41. The van der Waals surface area contributed by atoms with Gasteiger partial charge in [0, 0.05) is 11.8 Å². The van der Waals surface area contributed by atoms with Crippen LogP contribution in [-0.4, -0.2) is 11.2 Å². The first-order valence-corrected chi connectivity index (χ1v) is 5.44. The molecule has 0 amide bonds. The molecule has 15 heavy (non-hydrogen) atoms. The van der Waals surface area contributed by atoms with Crippen LogP contribution in [0.1, 0.15) is 6.92 Å². The summed E-state index contributed by atoms with van der Waals surface area (Å²) in [5.74, 6) is 0.539. The van der Waals surface area contributed by atoms with E-state index in [2.05, 4.69) is 10.1 Å². The summed E-state index contributed by atoms with van der Waals surface area (Å²) >= 11 is 1.54. The van der Waals surface area contributed by atoms with E-state index in [1.807, 2.05) is 35.7 Å². The quantitative estimate of drug-likeness (QED) is 0.585. The molecule has 2 aromatic rings. The molecule has 0 aliphatic heterocycles. The molecule has 4 heteroatoms. The van der Waals surface area contributed by atoms with E-state index in [9.17, 15) is 0 Å². The number of hydrogen-bond acceptors (Lipinski definition) is 4. The van der Waals surface area contributed by atoms with Crippen molar-refractivity contribution in [3.63, 3.8) is 0 Å². The van der Waals surface area contributed by atoms with Gasteiger partial charge in [-0.2, -0.15) is 4.98 Å². The zero-order chi connectivity index (χ0) is 10.5. The molecule has 3 nitrogen and oxygen atoms in total. The fraction of sp³-hybridized carbons (Fsp3) is 0.0909. The predicted molar refractivity (Wildman–Crippen MR) is 62.3 cm³/mol. The third-order valence-electron chi connectivity index (χ3n) is 1.76. The van der Waals surface area contributed by atoms with Crippen LogP contribution in [0, 0.1) is 0 Å². The average molecular weight is 218 g/mol. The summed E-state index contributed by atoms with van der Waals surface area (Å²) < 4.78 is 0. The molecule has 0 aliphatic rings. The van der Waals surface area contributed by atoms with Crippen LogP contribution in [0.4, 0.5) is 0 Å². The first kappa shape index (κ1) is 9.86. The van der Waals surface area contributed by atoms with Crippen molar-refractivity contribution in [3.05, 3.63) is 35.7 Å². The lowest BCUT2D eigenvalue weighted by Gasteiger charge is -1.93. The Balaban J connectivity index is 2.20. The van der Waals surface area contributed by atoms with E-state index in [1.54, 1.807) is 24.5 Å². The number of benzene rings is 1. The van der Waals surface area contributed by atoms with Crippen LogP contribution in [0.5, 0.6) is 5.88 Å². The lowest BCUT2D eigenvalue weighted by atomic mass is 10.2. The second-order valence-electron chi connectivity index (χ2n) is 2.81. The molecule has 2 rings (SSSR count). The van der Waals surface area contributed by atoms with Crippen LogP contribution in [0.25, 0.3) is 10.6 Å². The van der Waals surface area contributed by atoms with Gasteiger partial charge >= 0.3 is 0 Å². The van der Waals surface area contributed by atoms with Gasteiger partial charge in [-0.15, -0.1) is 11.3 Å². The summed E-state index contributed by atoms with van der Waals surface area (Å²) in [6, 6.07) is 10.00. The molecule has 0 atom stereocenters. The van der Waals surface area contributed by atoms with Crippen LogP contribution in [0.15, 0.2) is 40.9 Å². The normalized spacial score (nSPS) is 10.7. The summed E-state index contributed by atoms with van der Waals surface area (Å²) in [6.45, 7) is 1.80. The fourth-order valence-corrected chi connectivity index (χ4v) is 1.84. The number of aromatic nitrogens is 1. The number of thiazole rings is 1. The summed E-state index contributed by atoms with van der Waals surface area (Å²) in [4.78, 5) is 9.33. The maximum absolute atomic E-state index is 5.03. The van der Waals surface area contributed by atoms with Gasteiger partial charge in [-0.05, 0) is 6.92 Å². The summed E-state index contributed by atoms with van der Waals surface area (Å²) in [5.41, 5.74) is 1.10. The van der Waals surface area contributed by atoms with Crippen LogP contribution in [-0.2, 0) is 0 Å². The number of oxime groups is 1. The molecule has 0 radical (unpaired) electrons. The Labute approximate surface area is 92.0 Å². The molecule has 1 aromatic heterocycles. The summed E-state index contributed by atoms with van der Waals surface area (Å²) in [5, 5.41) is 6.45. The van der Waals surface area contributed by atoms with Crippen molar-refractivity contribution in [1.82, 2.24) is 4.98 Å². The molecule has 1 aromatic carbocycles. The Hall–Kier alpha value is -1.68. The van der Waals surface area contributed by atoms with Crippen LogP contribution in [0.3, 0.4) is 0 Å². The van der Waals surface area contributed by atoms with Gasteiger partial charge in [0.15, 0.2) is 0 Å². The molecular weight excluding hydrogens is 208 g/mol. The van der Waals surface area contributed by atoms with Crippen LogP contribution in [0.2, 0.25) is 0 Å². The van der Waals surface area contributed by atoms with Gasteiger partial charge in [-0.25, -0.2) is 0 Å². The smallest absolute Gasteiger partial charge is 0.260 e. The minimum Gasteiger partial charge on any atom is -0.336 e.